The van der Waals surface area contributed by atoms with Gasteiger partial charge in [0.2, 0.25) is 0 Å². The lowest BCUT2D eigenvalue weighted by molar-refractivity contribution is -0.407. The minimum Gasteiger partial charge on any atom is -0.460 e. The van der Waals surface area contributed by atoms with Gasteiger partial charge in [0.05, 0.1) is 59.5 Å². The Morgan fingerprint density at radius 2 is 0.830 bits per heavy atom. The molecular weight excluding hydrogens is 612 g/mol. The molecule has 0 radical (unpaired) electrons. The van der Waals surface area contributed by atoms with Crippen molar-refractivity contribution in [1.82, 2.24) is 0 Å². The largest absolute Gasteiger partial charge is 0.460 e. The first-order valence-corrected chi connectivity index (χ1v) is 16.6. The number of carbonyl (C=O) groups excluding carboxylic acids is 3. The summed E-state index contributed by atoms with van der Waals surface area (Å²) in [6.07, 6.45) is 7.63. The molecule has 47 heavy (non-hydrogen) atoms. The number of carbonyl (C=O) groups is 3. The number of hydrogen-bond donors (Lipinski definition) is 0. The van der Waals surface area contributed by atoms with E-state index in [2.05, 4.69) is 26.7 Å². The fourth-order valence-corrected chi connectivity index (χ4v) is 3.94. The van der Waals surface area contributed by atoms with E-state index in [9.17, 15) is 14.4 Å². The molecule has 0 aliphatic heterocycles. The Hall–Kier alpha value is -2.61. The Morgan fingerprint density at radius 1 is 0.511 bits per heavy atom. The van der Waals surface area contributed by atoms with E-state index in [0.717, 1.165) is 25.7 Å². The summed E-state index contributed by atoms with van der Waals surface area (Å²) < 4.78 is 50.8. The van der Waals surface area contributed by atoms with E-state index >= 15 is 0 Å². The molecule has 0 saturated carbocycles. The zero-order chi connectivity index (χ0) is 35.3. The normalized spacial score (nSPS) is 11.9. The van der Waals surface area contributed by atoms with Crippen LogP contribution in [-0.2, 0) is 57.0 Å². The maximum absolute atomic E-state index is 11.6. The molecule has 0 bridgehead atoms. The van der Waals surface area contributed by atoms with Crippen LogP contribution < -0.4 is 0 Å². The van der Waals surface area contributed by atoms with Gasteiger partial charge in [-0.3, -0.25) is 0 Å². The molecule has 0 aliphatic rings. The average Bonchev–Trinajstić information content (AvgIpc) is 3.03. The summed E-state index contributed by atoms with van der Waals surface area (Å²) in [6, 6.07) is 0. The first-order chi connectivity index (χ1) is 22.5. The second-order valence-corrected chi connectivity index (χ2v) is 11.2. The predicted octanol–water partition coefficient (Wildman–Crippen LogP) is 5.48. The number of unbranched alkanes of at least 4 members (excludes halogenated alkanes) is 5. The molecule has 0 rings (SSSR count). The summed E-state index contributed by atoms with van der Waals surface area (Å²) in [7, 11) is 0. The SMILES string of the molecule is C=C(C)C(=O)OCCOCCOC(OCCOCCOC(=O)C(=C)C)(OCCOCCOC(=O)C(=C)C)C(C)CCCCCCCC. The van der Waals surface area contributed by atoms with Crippen molar-refractivity contribution in [3.8, 4) is 0 Å². The molecule has 1 atom stereocenters. The summed E-state index contributed by atoms with van der Waals surface area (Å²) in [6.45, 7) is 21.5. The van der Waals surface area contributed by atoms with Crippen molar-refractivity contribution < 1.29 is 57.0 Å². The van der Waals surface area contributed by atoms with Crippen molar-refractivity contribution >= 4 is 17.9 Å². The highest BCUT2D eigenvalue weighted by Crippen LogP contribution is 2.30. The van der Waals surface area contributed by atoms with Gasteiger partial charge in [0.1, 0.15) is 19.8 Å². The van der Waals surface area contributed by atoms with Crippen molar-refractivity contribution in [2.75, 3.05) is 79.3 Å². The lowest BCUT2D eigenvalue weighted by atomic mass is 9.99. The monoisotopic (exact) mass is 672 g/mol. The van der Waals surface area contributed by atoms with Crippen LogP contribution in [0.4, 0.5) is 0 Å². The molecule has 0 aliphatic carbocycles. The Balaban J connectivity index is 5.26. The number of hydrogen-bond acceptors (Lipinski definition) is 12. The molecule has 0 N–H and O–H groups in total. The summed E-state index contributed by atoms with van der Waals surface area (Å²) in [5.41, 5.74) is 0.960. The Labute approximate surface area is 282 Å². The van der Waals surface area contributed by atoms with Crippen molar-refractivity contribution in [2.45, 2.75) is 85.5 Å². The predicted molar refractivity (Wildman–Crippen MR) is 178 cm³/mol. The number of ether oxygens (including phenoxy) is 9. The lowest BCUT2D eigenvalue weighted by Crippen LogP contribution is -2.47. The molecule has 0 fully saturated rings. The maximum Gasteiger partial charge on any atom is 0.333 e. The van der Waals surface area contributed by atoms with E-state index in [4.69, 9.17) is 42.6 Å². The Kier molecular flexibility index (Phi) is 26.8. The second-order valence-electron chi connectivity index (χ2n) is 11.2. The molecule has 0 saturated heterocycles. The Bertz CT molecular complexity index is 818. The third-order valence-electron chi connectivity index (χ3n) is 6.61. The highest BCUT2D eigenvalue weighted by atomic mass is 16.9. The molecule has 1 unspecified atom stereocenters. The van der Waals surface area contributed by atoms with Crippen LogP contribution in [0.15, 0.2) is 36.5 Å². The standard InChI is InChI=1S/C35H60O12/c1-9-10-11-12-13-14-15-31(8)35(45-25-19-39-16-22-42-32(36)28(2)3,46-26-20-40-17-23-43-33(37)29(4)5)47-27-21-41-18-24-44-34(38)30(6)7/h31H,2,4,6,9-27H2,1,3,5,7-8H3. The highest BCUT2D eigenvalue weighted by Gasteiger charge is 2.40. The average molecular weight is 673 g/mol. The van der Waals surface area contributed by atoms with Crippen molar-refractivity contribution in [1.29, 1.82) is 0 Å². The van der Waals surface area contributed by atoms with Gasteiger partial charge in [-0.05, 0) is 27.2 Å². The Morgan fingerprint density at radius 3 is 1.17 bits per heavy atom. The second kappa shape index (κ2) is 28.4. The van der Waals surface area contributed by atoms with Gasteiger partial charge in [-0.25, -0.2) is 14.4 Å². The van der Waals surface area contributed by atoms with E-state index in [1.165, 1.54) is 19.3 Å². The number of rotatable bonds is 32. The van der Waals surface area contributed by atoms with Gasteiger partial charge in [-0.1, -0.05) is 72.1 Å². The molecule has 0 aromatic rings. The van der Waals surface area contributed by atoms with E-state index < -0.39 is 23.9 Å². The third kappa shape index (κ3) is 23.4. The van der Waals surface area contributed by atoms with Gasteiger partial charge >= 0.3 is 17.9 Å². The quantitative estimate of drug-likeness (QED) is 0.0294. The van der Waals surface area contributed by atoms with Crippen molar-refractivity contribution in [3.63, 3.8) is 0 Å². The molecule has 12 nitrogen and oxygen atoms in total. The van der Waals surface area contributed by atoms with Crippen molar-refractivity contribution in [3.05, 3.63) is 36.5 Å². The van der Waals surface area contributed by atoms with Gasteiger partial charge < -0.3 is 42.6 Å². The maximum atomic E-state index is 11.6. The van der Waals surface area contributed by atoms with Crippen LogP contribution >= 0.6 is 0 Å². The summed E-state index contributed by atoms with van der Waals surface area (Å²) in [4.78, 5) is 34.7. The fourth-order valence-electron chi connectivity index (χ4n) is 3.94. The van der Waals surface area contributed by atoms with Gasteiger partial charge in [0, 0.05) is 22.6 Å². The van der Waals surface area contributed by atoms with Gasteiger partial charge in [-0.15, -0.1) is 0 Å². The van der Waals surface area contributed by atoms with Crippen LogP contribution in [0.1, 0.15) is 79.6 Å². The van der Waals surface area contributed by atoms with Crippen molar-refractivity contribution in [2.24, 2.45) is 5.92 Å². The topological polar surface area (TPSA) is 134 Å². The minimum atomic E-state index is -1.43. The number of esters is 3. The van der Waals surface area contributed by atoms with E-state index in [0.29, 0.717) is 16.7 Å². The highest BCUT2D eigenvalue weighted by molar-refractivity contribution is 5.87. The molecule has 0 aromatic carbocycles. The van der Waals surface area contributed by atoms with Crippen LogP contribution in [0, 0.1) is 5.92 Å². The molecule has 0 heterocycles. The first kappa shape index (κ1) is 44.4. The summed E-state index contributed by atoms with van der Waals surface area (Å²) >= 11 is 0. The fraction of sp³-hybridized carbons (Fsp3) is 0.743. The van der Waals surface area contributed by atoms with Crippen LogP contribution in [0.3, 0.4) is 0 Å². The van der Waals surface area contributed by atoms with E-state index in [-0.39, 0.29) is 85.2 Å². The third-order valence-corrected chi connectivity index (χ3v) is 6.61. The van der Waals surface area contributed by atoms with Crippen LogP contribution in [0.5, 0.6) is 0 Å². The minimum absolute atomic E-state index is 0.0936. The molecule has 12 heteroatoms. The van der Waals surface area contributed by atoms with Gasteiger partial charge in [-0.2, -0.15) is 0 Å². The van der Waals surface area contributed by atoms with E-state index in [1.54, 1.807) is 20.8 Å². The van der Waals surface area contributed by atoms with Crippen LogP contribution in [-0.4, -0.2) is 103 Å². The molecule has 272 valence electrons. The summed E-state index contributed by atoms with van der Waals surface area (Å²) in [5.74, 6) is -3.01. The van der Waals surface area contributed by atoms with Gasteiger partial charge in [0.25, 0.3) is 5.97 Å². The van der Waals surface area contributed by atoms with E-state index in [1.807, 2.05) is 6.92 Å². The van der Waals surface area contributed by atoms with Crippen LogP contribution in [0.2, 0.25) is 0 Å². The van der Waals surface area contributed by atoms with Crippen LogP contribution in [0.25, 0.3) is 0 Å². The smallest absolute Gasteiger partial charge is 0.333 e. The summed E-state index contributed by atoms with van der Waals surface area (Å²) in [5, 5.41) is 0. The molecular formula is C35H60O12. The first-order valence-electron chi connectivity index (χ1n) is 16.6. The zero-order valence-corrected chi connectivity index (χ0v) is 29.5. The van der Waals surface area contributed by atoms with Gasteiger partial charge in [0.15, 0.2) is 0 Å². The molecule has 0 amide bonds. The molecule has 0 spiro atoms. The molecule has 0 aromatic heterocycles. The lowest BCUT2D eigenvalue weighted by Gasteiger charge is -2.38. The zero-order valence-electron chi connectivity index (χ0n) is 29.5.